The number of nitrogens with one attached hydrogen (secondary N) is 1. The minimum Gasteiger partial charge on any atom is -0.494 e. The summed E-state index contributed by atoms with van der Waals surface area (Å²) < 4.78 is 21.2. The summed E-state index contributed by atoms with van der Waals surface area (Å²) in [5, 5.41) is 3.36. The molecule has 4 rings (SSSR count). The van der Waals surface area contributed by atoms with Crippen molar-refractivity contribution in [1.29, 1.82) is 0 Å². The van der Waals surface area contributed by atoms with Crippen LogP contribution in [0.2, 0.25) is 5.02 Å². The summed E-state index contributed by atoms with van der Waals surface area (Å²) in [7, 11) is 1.41. The van der Waals surface area contributed by atoms with Crippen LogP contribution in [0.1, 0.15) is 24.2 Å². The summed E-state index contributed by atoms with van der Waals surface area (Å²) in [5.41, 5.74) is 4.35. The fraction of sp³-hybridized carbons (Fsp3) is 0.192. The molecule has 6 nitrogen and oxygen atoms in total. The molecule has 1 amide bonds. The molecule has 1 N–H and O–H groups in total. The van der Waals surface area contributed by atoms with Crippen LogP contribution >= 0.6 is 11.6 Å². The maximum absolute atomic E-state index is 14.0. The van der Waals surface area contributed by atoms with Crippen LogP contribution in [0.4, 0.5) is 4.39 Å². The Kier molecular flexibility index (Phi) is 6.65. The topological polar surface area (TPSA) is 73.2 Å². The monoisotopic (exact) mass is 479 g/mol. The number of methoxy groups -OCH3 is 1. The quantitative estimate of drug-likeness (QED) is 0.355. The lowest BCUT2D eigenvalue weighted by Gasteiger charge is -2.16. The first-order valence-electron chi connectivity index (χ1n) is 10.7. The molecule has 1 atom stereocenters. The SMILES string of the molecule is COc1cc(-c2nc3cc(-c4cc(Cl)cc(C=O)c4)ccc3n2CC(C)NC(C)=O)ccc1F. The van der Waals surface area contributed by atoms with Gasteiger partial charge in [-0.25, -0.2) is 9.37 Å². The fourth-order valence-electron chi connectivity index (χ4n) is 4.03. The molecule has 34 heavy (non-hydrogen) atoms. The van der Waals surface area contributed by atoms with Crippen LogP contribution < -0.4 is 10.1 Å². The first-order chi connectivity index (χ1) is 16.3. The largest absolute Gasteiger partial charge is 0.494 e. The average molecular weight is 480 g/mol. The van der Waals surface area contributed by atoms with E-state index in [0.29, 0.717) is 34.0 Å². The van der Waals surface area contributed by atoms with Crippen molar-refractivity contribution < 1.29 is 18.7 Å². The molecule has 0 saturated carbocycles. The van der Waals surface area contributed by atoms with Gasteiger partial charge in [0.1, 0.15) is 12.1 Å². The minimum absolute atomic E-state index is 0.118. The number of aldehydes is 1. The van der Waals surface area contributed by atoms with Crippen molar-refractivity contribution in [2.24, 2.45) is 0 Å². The molecule has 4 aromatic rings. The highest BCUT2D eigenvalue weighted by atomic mass is 35.5. The van der Waals surface area contributed by atoms with Gasteiger partial charge in [-0.1, -0.05) is 17.7 Å². The van der Waals surface area contributed by atoms with Crippen molar-refractivity contribution in [3.8, 4) is 28.3 Å². The number of nitrogens with zero attached hydrogens (tertiary/aromatic N) is 2. The summed E-state index contributed by atoms with van der Waals surface area (Å²) in [6.45, 7) is 3.83. The zero-order chi connectivity index (χ0) is 24.4. The molecule has 0 radical (unpaired) electrons. The zero-order valence-corrected chi connectivity index (χ0v) is 19.7. The van der Waals surface area contributed by atoms with Gasteiger partial charge in [-0.3, -0.25) is 9.59 Å². The minimum atomic E-state index is -0.463. The molecule has 0 aliphatic heterocycles. The van der Waals surface area contributed by atoms with E-state index in [1.54, 1.807) is 30.3 Å². The number of hydrogen-bond donors (Lipinski definition) is 1. The Hall–Kier alpha value is -3.71. The Balaban J connectivity index is 1.87. The Labute approximate surface area is 201 Å². The number of fused-ring (bicyclic) bond motifs is 1. The van der Waals surface area contributed by atoms with E-state index >= 15 is 0 Å². The van der Waals surface area contributed by atoms with E-state index in [-0.39, 0.29) is 17.7 Å². The van der Waals surface area contributed by atoms with E-state index < -0.39 is 5.82 Å². The van der Waals surface area contributed by atoms with Gasteiger partial charge in [0.05, 0.1) is 18.1 Å². The zero-order valence-electron chi connectivity index (χ0n) is 18.9. The average Bonchev–Trinajstić information content (AvgIpc) is 3.15. The van der Waals surface area contributed by atoms with E-state index in [2.05, 4.69) is 5.32 Å². The predicted octanol–water partition coefficient (Wildman–Crippen LogP) is 5.51. The lowest BCUT2D eigenvalue weighted by atomic mass is 10.0. The predicted molar refractivity (Wildman–Crippen MR) is 131 cm³/mol. The third-order valence-corrected chi connectivity index (χ3v) is 5.67. The van der Waals surface area contributed by atoms with E-state index in [1.807, 2.05) is 29.7 Å². The van der Waals surface area contributed by atoms with Crippen molar-refractivity contribution >= 4 is 34.8 Å². The van der Waals surface area contributed by atoms with Crippen LogP contribution in [-0.2, 0) is 11.3 Å². The first kappa shape index (κ1) is 23.4. The first-order valence-corrected chi connectivity index (χ1v) is 11.0. The molecule has 1 unspecified atom stereocenters. The smallest absolute Gasteiger partial charge is 0.217 e. The molecule has 0 bridgehead atoms. The number of aromatic nitrogens is 2. The van der Waals surface area contributed by atoms with Gasteiger partial charge in [0.2, 0.25) is 5.91 Å². The highest BCUT2D eigenvalue weighted by Gasteiger charge is 2.18. The molecule has 3 aromatic carbocycles. The number of imidazole rings is 1. The van der Waals surface area contributed by atoms with Crippen LogP contribution in [0.5, 0.6) is 5.75 Å². The second kappa shape index (κ2) is 9.65. The number of carbonyl (C=O) groups is 2. The van der Waals surface area contributed by atoms with Crippen molar-refractivity contribution in [2.75, 3.05) is 7.11 Å². The van der Waals surface area contributed by atoms with Gasteiger partial charge in [0.25, 0.3) is 0 Å². The van der Waals surface area contributed by atoms with Crippen LogP contribution in [0, 0.1) is 5.82 Å². The summed E-state index contributed by atoms with van der Waals surface area (Å²) in [6.07, 6.45) is 0.756. The van der Waals surface area contributed by atoms with Crippen molar-refractivity contribution in [3.05, 3.63) is 71.0 Å². The number of benzene rings is 3. The molecular weight excluding hydrogens is 457 g/mol. The third-order valence-electron chi connectivity index (χ3n) is 5.45. The van der Waals surface area contributed by atoms with Crippen LogP contribution in [0.15, 0.2) is 54.6 Å². The fourth-order valence-corrected chi connectivity index (χ4v) is 4.27. The van der Waals surface area contributed by atoms with Gasteiger partial charge in [0.15, 0.2) is 11.6 Å². The third kappa shape index (κ3) is 4.79. The van der Waals surface area contributed by atoms with Gasteiger partial charge >= 0.3 is 0 Å². The molecule has 0 fully saturated rings. The van der Waals surface area contributed by atoms with Gasteiger partial charge in [-0.05, 0) is 66.6 Å². The molecular formula is C26H23ClFN3O3. The normalized spacial score (nSPS) is 11.9. The second-order valence-electron chi connectivity index (χ2n) is 8.09. The number of amides is 1. The molecule has 8 heteroatoms. The molecule has 1 heterocycles. The van der Waals surface area contributed by atoms with Crippen LogP contribution in [0.3, 0.4) is 0 Å². The van der Waals surface area contributed by atoms with Gasteiger partial charge < -0.3 is 14.6 Å². The standard InChI is InChI=1S/C26H23ClFN3O3/c1-15(29-16(2)33)13-31-24-7-5-18(20-8-17(14-32)9-21(27)10-20)11-23(24)30-26(31)19-4-6-22(28)25(12-19)34-3/h4-12,14-15H,13H2,1-3H3,(H,29,33). The number of ether oxygens (including phenoxy) is 1. The van der Waals surface area contributed by atoms with E-state index in [0.717, 1.165) is 22.9 Å². The Morgan fingerprint density at radius 1 is 1.15 bits per heavy atom. The Morgan fingerprint density at radius 2 is 1.91 bits per heavy atom. The summed E-state index contributed by atoms with van der Waals surface area (Å²) in [6, 6.07) is 15.4. The molecule has 0 aliphatic carbocycles. The van der Waals surface area contributed by atoms with Crippen molar-refractivity contribution in [2.45, 2.75) is 26.4 Å². The molecule has 0 aliphatic rings. The molecule has 0 saturated heterocycles. The van der Waals surface area contributed by atoms with Crippen molar-refractivity contribution in [3.63, 3.8) is 0 Å². The number of hydrogen-bond acceptors (Lipinski definition) is 4. The number of halogens is 2. The van der Waals surface area contributed by atoms with Crippen LogP contribution in [-0.4, -0.2) is 34.9 Å². The number of rotatable bonds is 7. The maximum atomic E-state index is 14.0. The Bertz CT molecular complexity index is 1400. The summed E-state index contributed by atoms with van der Waals surface area (Å²) in [4.78, 5) is 27.7. The molecule has 174 valence electrons. The van der Waals surface area contributed by atoms with Crippen molar-refractivity contribution in [1.82, 2.24) is 14.9 Å². The highest BCUT2D eigenvalue weighted by Crippen LogP contribution is 2.32. The Morgan fingerprint density at radius 3 is 2.62 bits per heavy atom. The molecule has 1 aromatic heterocycles. The second-order valence-corrected chi connectivity index (χ2v) is 8.53. The summed E-state index contributed by atoms with van der Waals surface area (Å²) in [5.74, 6) is 0.139. The summed E-state index contributed by atoms with van der Waals surface area (Å²) >= 11 is 6.19. The van der Waals surface area contributed by atoms with E-state index in [1.165, 1.54) is 20.1 Å². The van der Waals surface area contributed by atoms with E-state index in [9.17, 15) is 14.0 Å². The molecule has 0 spiro atoms. The van der Waals surface area contributed by atoms with E-state index in [4.69, 9.17) is 21.3 Å². The maximum Gasteiger partial charge on any atom is 0.217 e. The van der Waals surface area contributed by atoms with Gasteiger partial charge in [-0.2, -0.15) is 0 Å². The van der Waals surface area contributed by atoms with Gasteiger partial charge in [-0.15, -0.1) is 0 Å². The lowest BCUT2D eigenvalue weighted by Crippen LogP contribution is -2.34. The number of carbonyl (C=O) groups excluding carboxylic acids is 2. The highest BCUT2D eigenvalue weighted by molar-refractivity contribution is 6.31. The van der Waals surface area contributed by atoms with Crippen LogP contribution in [0.25, 0.3) is 33.5 Å². The van der Waals surface area contributed by atoms with Gasteiger partial charge in [0, 0.05) is 35.7 Å². The lowest BCUT2D eigenvalue weighted by molar-refractivity contribution is -0.119.